The predicted octanol–water partition coefficient (Wildman–Crippen LogP) is 2.23. The van der Waals surface area contributed by atoms with Gasteiger partial charge >= 0.3 is 0 Å². The number of hydrogen-bond donors (Lipinski definition) is 2. The molecule has 0 unspecified atom stereocenters. The van der Waals surface area contributed by atoms with Crippen LogP contribution < -0.4 is 10.6 Å². The lowest BCUT2D eigenvalue weighted by atomic mass is 10.2. The van der Waals surface area contributed by atoms with Crippen molar-refractivity contribution in [2.45, 2.75) is 6.42 Å². The van der Waals surface area contributed by atoms with Crippen LogP contribution in [0.5, 0.6) is 0 Å². The third kappa shape index (κ3) is 6.80. The molecule has 0 aromatic heterocycles. The van der Waals surface area contributed by atoms with Gasteiger partial charge in [0.05, 0.1) is 0 Å². The lowest BCUT2D eigenvalue weighted by Gasteiger charge is -2.09. The Balaban J connectivity index is 2.51. The minimum atomic E-state index is -0.458. The largest absolute Gasteiger partial charge is 0.390 e. The number of benzene rings is 1. The van der Waals surface area contributed by atoms with E-state index in [1.54, 1.807) is 24.3 Å². The molecule has 0 aliphatic heterocycles. The Hall–Kier alpha value is -2.03. The Morgan fingerprint density at radius 1 is 1.48 bits per heavy atom. The topological polar surface area (TPSA) is 68.2 Å². The Morgan fingerprint density at radius 2 is 2.24 bits per heavy atom. The summed E-state index contributed by atoms with van der Waals surface area (Å²) in [5, 5.41) is 15.1. The monoisotopic (exact) mass is 306 g/mol. The summed E-state index contributed by atoms with van der Waals surface area (Å²) in [5.74, 6) is -0.458. The standard InChI is InChI=1S/C15H19ClN4O/c1-20(2)8-4-7-18-11-12(10-17)15(21)19-14-6-3-5-13(16)9-14/h3,5-6,9,11,18H,4,7-8H2,1-2H3,(H,19,21)/b12-11-. The zero-order valence-corrected chi connectivity index (χ0v) is 12.9. The van der Waals surface area contributed by atoms with Crippen molar-refractivity contribution in [1.82, 2.24) is 10.2 Å². The molecule has 0 fully saturated rings. The summed E-state index contributed by atoms with van der Waals surface area (Å²) in [5.41, 5.74) is 0.584. The first-order valence-corrected chi connectivity index (χ1v) is 6.96. The van der Waals surface area contributed by atoms with E-state index in [2.05, 4.69) is 15.5 Å². The summed E-state index contributed by atoms with van der Waals surface area (Å²) in [6.45, 7) is 1.64. The third-order valence-electron chi connectivity index (χ3n) is 2.62. The molecule has 0 bridgehead atoms. The van der Waals surface area contributed by atoms with E-state index in [1.165, 1.54) is 6.20 Å². The van der Waals surface area contributed by atoms with Gasteiger partial charge in [-0.25, -0.2) is 0 Å². The summed E-state index contributed by atoms with van der Waals surface area (Å²) in [7, 11) is 3.99. The molecule has 1 rings (SSSR count). The van der Waals surface area contributed by atoms with Gasteiger partial charge in [0.1, 0.15) is 11.6 Å². The number of halogens is 1. The molecule has 21 heavy (non-hydrogen) atoms. The molecule has 1 aromatic rings. The minimum Gasteiger partial charge on any atom is -0.390 e. The maximum atomic E-state index is 11.9. The van der Waals surface area contributed by atoms with Gasteiger partial charge in [-0.05, 0) is 45.3 Å². The average Bonchev–Trinajstić information content (AvgIpc) is 2.42. The fourth-order valence-corrected chi connectivity index (χ4v) is 1.78. The maximum absolute atomic E-state index is 11.9. The van der Waals surface area contributed by atoms with Crippen LogP contribution in [0, 0.1) is 11.3 Å². The lowest BCUT2D eigenvalue weighted by Crippen LogP contribution is -2.20. The number of amides is 1. The van der Waals surface area contributed by atoms with Gasteiger partial charge in [0.25, 0.3) is 5.91 Å². The van der Waals surface area contributed by atoms with E-state index in [4.69, 9.17) is 16.9 Å². The summed E-state index contributed by atoms with van der Waals surface area (Å²) < 4.78 is 0. The Labute approximate surface area is 130 Å². The number of nitrogens with zero attached hydrogens (tertiary/aromatic N) is 2. The summed E-state index contributed by atoms with van der Waals surface area (Å²) >= 11 is 5.84. The van der Waals surface area contributed by atoms with Gasteiger partial charge in [0, 0.05) is 23.5 Å². The molecule has 0 saturated carbocycles. The van der Waals surface area contributed by atoms with E-state index >= 15 is 0 Å². The van der Waals surface area contributed by atoms with Crippen molar-refractivity contribution < 1.29 is 4.79 Å². The number of nitriles is 1. The van der Waals surface area contributed by atoms with Crippen LogP contribution >= 0.6 is 11.6 Å². The number of rotatable bonds is 7. The van der Waals surface area contributed by atoms with Gasteiger partial charge in [0.15, 0.2) is 0 Å². The maximum Gasteiger partial charge on any atom is 0.267 e. The first kappa shape index (κ1) is 17.0. The van der Waals surface area contributed by atoms with Gasteiger partial charge in [-0.15, -0.1) is 0 Å². The van der Waals surface area contributed by atoms with E-state index < -0.39 is 5.91 Å². The van der Waals surface area contributed by atoms with Gasteiger partial charge in [-0.1, -0.05) is 17.7 Å². The molecule has 0 spiro atoms. The molecule has 0 atom stereocenters. The third-order valence-corrected chi connectivity index (χ3v) is 2.86. The predicted molar refractivity (Wildman–Crippen MR) is 85.0 cm³/mol. The number of hydrogen-bond acceptors (Lipinski definition) is 4. The van der Waals surface area contributed by atoms with Crippen molar-refractivity contribution in [1.29, 1.82) is 5.26 Å². The van der Waals surface area contributed by atoms with Crippen LogP contribution in [0.25, 0.3) is 0 Å². The molecule has 0 radical (unpaired) electrons. The van der Waals surface area contributed by atoms with Gasteiger partial charge in [0.2, 0.25) is 0 Å². The molecule has 0 saturated heterocycles. The highest BCUT2D eigenvalue weighted by Gasteiger charge is 2.09. The first-order valence-electron chi connectivity index (χ1n) is 6.58. The second-order valence-electron chi connectivity index (χ2n) is 4.75. The first-order chi connectivity index (χ1) is 10.0. The van der Waals surface area contributed by atoms with E-state index in [1.807, 2.05) is 20.2 Å². The Kier molecular flexibility index (Phi) is 7.30. The number of carbonyl (C=O) groups is 1. The van der Waals surface area contributed by atoms with Gasteiger partial charge in [-0.2, -0.15) is 5.26 Å². The Morgan fingerprint density at radius 3 is 2.86 bits per heavy atom. The lowest BCUT2D eigenvalue weighted by molar-refractivity contribution is -0.112. The van der Waals surface area contributed by atoms with E-state index in [-0.39, 0.29) is 5.57 Å². The fraction of sp³-hybridized carbons (Fsp3) is 0.333. The van der Waals surface area contributed by atoms with Crippen LogP contribution in [0.3, 0.4) is 0 Å². The molecule has 6 heteroatoms. The molecule has 1 aromatic carbocycles. The van der Waals surface area contributed by atoms with Crippen LogP contribution in [0.15, 0.2) is 36.0 Å². The number of anilines is 1. The van der Waals surface area contributed by atoms with Crippen molar-refractivity contribution in [2.24, 2.45) is 0 Å². The van der Waals surface area contributed by atoms with Gasteiger partial charge < -0.3 is 15.5 Å². The highest BCUT2D eigenvalue weighted by Crippen LogP contribution is 2.15. The molecule has 0 aliphatic carbocycles. The smallest absolute Gasteiger partial charge is 0.267 e. The average molecular weight is 307 g/mol. The Bertz CT molecular complexity index is 549. The number of carbonyl (C=O) groups excluding carboxylic acids is 1. The van der Waals surface area contributed by atoms with E-state index in [0.29, 0.717) is 17.3 Å². The van der Waals surface area contributed by atoms with Crippen LogP contribution in [-0.4, -0.2) is 38.0 Å². The second-order valence-corrected chi connectivity index (χ2v) is 5.18. The molecular weight excluding hydrogens is 288 g/mol. The van der Waals surface area contributed by atoms with Crippen LogP contribution in [0.4, 0.5) is 5.69 Å². The molecule has 112 valence electrons. The van der Waals surface area contributed by atoms with Crippen molar-refractivity contribution in [3.63, 3.8) is 0 Å². The highest BCUT2D eigenvalue weighted by atomic mass is 35.5. The van der Waals surface area contributed by atoms with Crippen LogP contribution in [0.1, 0.15) is 6.42 Å². The van der Waals surface area contributed by atoms with Crippen molar-refractivity contribution in [2.75, 3.05) is 32.5 Å². The molecule has 2 N–H and O–H groups in total. The fourth-order valence-electron chi connectivity index (χ4n) is 1.58. The highest BCUT2D eigenvalue weighted by molar-refractivity contribution is 6.31. The summed E-state index contributed by atoms with van der Waals surface area (Å²) in [6, 6.07) is 8.66. The van der Waals surface area contributed by atoms with Crippen LogP contribution in [-0.2, 0) is 4.79 Å². The summed E-state index contributed by atoms with van der Waals surface area (Å²) in [4.78, 5) is 14.0. The zero-order chi connectivity index (χ0) is 15.7. The summed E-state index contributed by atoms with van der Waals surface area (Å²) in [6.07, 6.45) is 2.37. The SMILES string of the molecule is CN(C)CCCN/C=C(/C#N)C(=O)Nc1cccc(Cl)c1. The molecule has 1 amide bonds. The zero-order valence-electron chi connectivity index (χ0n) is 12.2. The minimum absolute atomic E-state index is 0.0276. The molecule has 5 nitrogen and oxygen atoms in total. The van der Waals surface area contributed by atoms with Crippen molar-refractivity contribution in [3.8, 4) is 6.07 Å². The quantitative estimate of drug-likeness (QED) is 0.460. The van der Waals surface area contributed by atoms with Crippen LogP contribution in [0.2, 0.25) is 5.02 Å². The van der Waals surface area contributed by atoms with Gasteiger partial charge in [-0.3, -0.25) is 4.79 Å². The second kappa shape index (κ2) is 9.01. The molecule has 0 aliphatic rings. The number of nitrogens with one attached hydrogen (secondary N) is 2. The normalized spacial score (nSPS) is 11.1. The molecular formula is C15H19ClN4O. The van der Waals surface area contributed by atoms with Crippen molar-refractivity contribution >= 4 is 23.2 Å². The van der Waals surface area contributed by atoms with E-state index in [9.17, 15) is 4.79 Å². The van der Waals surface area contributed by atoms with Crippen molar-refractivity contribution in [3.05, 3.63) is 41.1 Å². The molecule has 0 heterocycles. The van der Waals surface area contributed by atoms with E-state index in [0.717, 1.165) is 13.0 Å².